The van der Waals surface area contributed by atoms with E-state index >= 15 is 0 Å². The molecule has 0 aliphatic carbocycles. The predicted octanol–water partition coefficient (Wildman–Crippen LogP) is 3.48. The van der Waals surface area contributed by atoms with Crippen LogP contribution in [0.1, 0.15) is 12.5 Å². The van der Waals surface area contributed by atoms with Gasteiger partial charge in [0.25, 0.3) is 5.56 Å². The smallest absolute Gasteiger partial charge is 0.262 e. The van der Waals surface area contributed by atoms with Crippen LogP contribution in [0.4, 0.5) is 0 Å². The molecule has 3 aromatic rings. The third kappa shape index (κ3) is 4.26. The van der Waals surface area contributed by atoms with Gasteiger partial charge in [-0.3, -0.25) is 14.2 Å². The summed E-state index contributed by atoms with van der Waals surface area (Å²) in [6.07, 6.45) is 0. The fourth-order valence-corrected chi connectivity index (χ4v) is 3.54. The van der Waals surface area contributed by atoms with Gasteiger partial charge in [0.15, 0.2) is 5.16 Å². The molecule has 134 valence electrons. The molecule has 1 N–H and O–H groups in total. The summed E-state index contributed by atoms with van der Waals surface area (Å²) >= 11 is 7.11. The standard InChI is InChI=1S/C19H18ClN3O2S/c1-2-23-18(25)15-5-3-4-6-16(15)22-19(23)26-12-17(24)21-11-13-7-9-14(20)10-8-13/h3-10H,2,11-12H2,1H3,(H,21,24). The molecule has 0 aliphatic rings. The van der Waals surface area contributed by atoms with Crippen molar-refractivity contribution in [2.45, 2.75) is 25.2 Å². The van der Waals surface area contributed by atoms with E-state index in [0.717, 1.165) is 5.56 Å². The van der Waals surface area contributed by atoms with Crippen molar-refractivity contribution < 1.29 is 4.79 Å². The number of aromatic nitrogens is 2. The van der Waals surface area contributed by atoms with Gasteiger partial charge in [0.05, 0.1) is 16.7 Å². The Morgan fingerprint density at radius 3 is 2.65 bits per heavy atom. The summed E-state index contributed by atoms with van der Waals surface area (Å²) in [6.45, 7) is 2.83. The van der Waals surface area contributed by atoms with Gasteiger partial charge in [-0.1, -0.05) is 47.6 Å². The number of hydrogen-bond acceptors (Lipinski definition) is 4. The lowest BCUT2D eigenvalue weighted by molar-refractivity contribution is -0.118. The number of fused-ring (bicyclic) bond motifs is 1. The van der Waals surface area contributed by atoms with E-state index in [4.69, 9.17) is 11.6 Å². The average Bonchev–Trinajstić information content (AvgIpc) is 2.66. The molecule has 3 rings (SSSR count). The van der Waals surface area contributed by atoms with Crippen molar-refractivity contribution in [3.05, 3.63) is 69.5 Å². The van der Waals surface area contributed by atoms with Crippen LogP contribution < -0.4 is 10.9 Å². The quantitative estimate of drug-likeness (QED) is 0.519. The van der Waals surface area contributed by atoms with Crippen molar-refractivity contribution in [3.8, 4) is 0 Å². The first-order valence-electron chi connectivity index (χ1n) is 8.22. The van der Waals surface area contributed by atoms with E-state index in [1.807, 2.05) is 31.2 Å². The van der Waals surface area contributed by atoms with Crippen LogP contribution in [-0.2, 0) is 17.9 Å². The summed E-state index contributed by atoms with van der Waals surface area (Å²) in [5, 5.41) is 4.66. The molecule has 1 amide bonds. The van der Waals surface area contributed by atoms with Gasteiger partial charge in [0.1, 0.15) is 0 Å². The molecule has 0 saturated heterocycles. The number of rotatable bonds is 6. The Morgan fingerprint density at radius 1 is 1.19 bits per heavy atom. The molecular weight excluding hydrogens is 370 g/mol. The maximum atomic E-state index is 12.6. The predicted molar refractivity (Wildman–Crippen MR) is 106 cm³/mol. The van der Waals surface area contributed by atoms with Crippen LogP contribution in [0.5, 0.6) is 0 Å². The zero-order chi connectivity index (χ0) is 18.5. The Bertz CT molecular complexity index is 986. The molecule has 26 heavy (non-hydrogen) atoms. The first kappa shape index (κ1) is 18.5. The summed E-state index contributed by atoms with van der Waals surface area (Å²) < 4.78 is 1.60. The number of hydrogen-bond donors (Lipinski definition) is 1. The molecule has 0 spiro atoms. The molecule has 2 aromatic carbocycles. The van der Waals surface area contributed by atoms with E-state index in [1.54, 1.807) is 28.8 Å². The van der Waals surface area contributed by atoms with Crippen molar-refractivity contribution in [1.82, 2.24) is 14.9 Å². The van der Waals surface area contributed by atoms with Gasteiger partial charge >= 0.3 is 0 Å². The lowest BCUT2D eigenvalue weighted by Gasteiger charge is -2.11. The van der Waals surface area contributed by atoms with E-state index < -0.39 is 0 Å². The van der Waals surface area contributed by atoms with Crippen LogP contribution in [0.2, 0.25) is 5.02 Å². The molecule has 0 bridgehead atoms. The molecule has 7 heteroatoms. The molecule has 0 aliphatic heterocycles. The topological polar surface area (TPSA) is 64.0 Å². The molecule has 0 radical (unpaired) electrons. The van der Waals surface area contributed by atoms with Crippen molar-refractivity contribution in [2.24, 2.45) is 0 Å². The minimum atomic E-state index is -0.116. The zero-order valence-electron chi connectivity index (χ0n) is 14.2. The zero-order valence-corrected chi connectivity index (χ0v) is 15.8. The number of benzene rings is 2. The molecule has 0 saturated carbocycles. The Morgan fingerprint density at radius 2 is 1.92 bits per heavy atom. The van der Waals surface area contributed by atoms with Gasteiger partial charge < -0.3 is 5.32 Å². The highest BCUT2D eigenvalue weighted by Gasteiger charge is 2.12. The van der Waals surface area contributed by atoms with Crippen molar-refractivity contribution in [1.29, 1.82) is 0 Å². The molecular formula is C19H18ClN3O2S. The minimum absolute atomic E-state index is 0.0813. The van der Waals surface area contributed by atoms with Crippen LogP contribution in [0, 0.1) is 0 Å². The van der Waals surface area contributed by atoms with Crippen molar-refractivity contribution in [3.63, 3.8) is 0 Å². The number of thioether (sulfide) groups is 1. The van der Waals surface area contributed by atoms with Gasteiger partial charge in [-0.05, 0) is 36.8 Å². The molecule has 0 fully saturated rings. The molecule has 0 atom stereocenters. The number of carbonyl (C=O) groups excluding carboxylic acids is 1. The second-order valence-corrected chi connectivity index (χ2v) is 7.03. The van der Waals surface area contributed by atoms with E-state index in [-0.39, 0.29) is 17.2 Å². The number of halogens is 1. The summed E-state index contributed by atoms with van der Waals surface area (Å²) in [4.78, 5) is 29.2. The number of amides is 1. The number of carbonyl (C=O) groups is 1. The van der Waals surface area contributed by atoms with Crippen molar-refractivity contribution >= 4 is 40.2 Å². The molecule has 5 nitrogen and oxygen atoms in total. The average molecular weight is 388 g/mol. The van der Waals surface area contributed by atoms with Gasteiger partial charge in [-0.2, -0.15) is 0 Å². The fourth-order valence-electron chi connectivity index (χ4n) is 2.52. The van der Waals surface area contributed by atoms with E-state index in [9.17, 15) is 9.59 Å². The molecule has 1 aromatic heterocycles. The van der Waals surface area contributed by atoms with Crippen LogP contribution in [0.25, 0.3) is 10.9 Å². The second-order valence-electron chi connectivity index (χ2n) is 5.65. The Hall–Kier alpha value is -2.31. The highest BCUT2D eigenvalue weighted by atomic mass is 35.5. The third-order valence-corrected chi connectivity index (χ3v) is 5.11. The summed E-state index contributed by atoms with van der Waals surface area (Å²) in [5.74, 6) is 0.0771. The Balaban J connectivity index is 1.68. The fraction of sp³-hybridized carbons (Fsp3) is 0.211. The Kier molecular flexibility index (Phi) is 5.96. The number of nitrogens with one attached hydrogen (secondary N) is 1. The first-order chi connectivity index (χ1) is 12.6. The van der Waals surface area contributed by atoms with Crippen LogP contribution in [0.3, 0.4) is 0 Å². The summed E-state index contributed by atoms with van der Waals surface area (Å²) in [6, 6.07) is 14.6. The molecule has 1 heterocycles. The summed E-state index contributed by atoms with van der Waals surface area (Å²) in [5.41, 5.74) is 1.54. The minimum Gasteiger partial charge on any atom is -0.351 e. The van der Waals surface area contributed by atoms with E-state index in [0.29, 0.717) is 34.2 Å². The lowest BCUT2D eigenvalue weighted by Crippen LogP contribution is -2.26. The monoisotopic (exact) mass is 387 g/mol. The first-order valence-corrected chi connectivity index (χ1v) is 9.58. The maximum absolute atomic E-state index is 12.6. The van der Waals surface area contributed by atoms with Crippen molar-refractivity contribution in [2.75, 3.05) is 5.75 Å². The molecule has 0 unspecified atom stereocenters. The third-order valence-electron chi connectivity index (χ3n) is 3.88. The largest absolute Gasteiger partial charge is 0.351 e. The van der Waals surface area contributed by atoms with Gasteiger partial charge in [0.2, 0.25) is 5.91 Å². The number of para-hydroxylation sites is 1. The van der Waals surface area contributed by atoms with Gasteiger partial charge in [0, 0.05) is 18.1 Å². The Labute approximate surface area is 160 Å². The van der Waals surface area contributed by atoms with Crippen LogP contribution in [0.15, 0.2) is 58.5 Å². The highest BCUT2D eigenvalue weighted by Crippen LogP contribution is 2.17. The second kappa shape index (κ2) is 8.38. The lowest BCUT2D eigenvalue weighted by atomic mass is 10.2. The highest BCUT2D eigenvalue weighted by molar-refractivity contribution is 7.99. The maximum Gasteiger partial charge on any atom is 0.262 e. The summed E-state index contributed by atoms with van der Waals surface area (Å²) in [7, 11) is 0. The van der Waals surface area contributed by atoms with Gasteiger partial charge in [-0.25, -0.2) is 4.98 Å². The van der Waals surface area contributed by atoms with Gasteiger partial charge in [-0.15, -0.1) is 0 Å². The normalized spacial score (nSPS) is 10.8. The van der Waals surface area contributed by atoms with Crippen LogP contribution >= 0.6 is 23.4 Å². The van der Waals surface area contributed by atoms with Crippen LogP contribution in [-0.4, -0.2) is 21.2 Å². The van der Waals surface area contributed by atoms with E-state index in [1.165, 1.54) is 11.8 Å². The number of nitrogens with zero attached hydrogens (tertiary/aromatic N) is 2. The van der Waals surface area contributed by atoms with E-state index in [2.05, 4.69) is 10.3 Å². The SMILES string of the molecule is CCn1c(SCC(=O)NCc2ccc(Cl)cc2)nc2ccccc2c1=O.